The maximum atomic E-state index is 2.64. The molecule has 2 nitrogen and oxygen atoms in total. The number of aryl methyl sites for hydroxylation is 1. The number of hydrogen-bond donors (Lipinski definition) is 0. The summed E-state index contributed by atoms with van der Waals surface area (Å²) in [4.78, 5) is 5.16. The van der Waals surface area contributed by atoms with Gasteiger partial charge in [-0.05, 0) is 124 Å². The predicted octanol–water partition coefficient (Wildman–Crippen LogP) is 10.9. The molecule has 4 heteroatoms. The summed E-state index contributed by atoms with van der Waals surface area (Å²) in [6.45, 7) is 19.2. The van der Waals surface area contributed by atoms with Crippen LogP contribution >= 0.6 is 11.3 Å². The lowest BCUT2D eigenvalue weighted by Gasteiger charge is -2.47. The maximum absolute atomic E-state index is 2.64. The predicted molar refractivity (Wildman–Crippen MR) is 215 cm³/mol. The van der Waals surface area contributed by atoms with E-state index in [1.54, 1.807) is 0 Å². The molecule has 3 heterocycles. The Morgan fingerprint density at radius 3 is 1.84 bits per heavy atom. The van der Waals surface area contributed by atoms with Crippen molar-refractivity contribution in [1.29, 1.82) is 0 Å². The largest absolute Gasteiger partial charge is 0.311 e. The molecule has 2 aliphatic heterocycles. The van der Waals surface area contributed by atoms with Gasteiger partial charge in [-0.2, -0.15) is 0 Å². The van der Waals surface area contributed by atoms with Crippen LogP contribution < -0.4 is 25.5 Å². The molecule has 9 rings (SSSR count). The quantitative estimate of drug-likeness (QED) is 0.171. The summed E-state index contributed by atoms with van der Waals surface area (Å²) in [6.07, 6.45) is 2.40. The van der Waals surface area contributed by atoms with Gasteiger partial charge in [0.25, 0.3) is 6.71 Å². The minimum atomic E-state index is 0.0575. The Kier molecular flexibility index (Phi) is 6.51. The van der Waals surface area contributed by atoms with E-state index in [4.69, 9.17) is 0 Å². The van der Waals surface area contributed by atoms with Crippen molar-refractivity contribution in [3.63, 3.8) is 0 Å². The number of benzene rings is 5. The minimum Gasteiger partial charge on any atom is -0.311 e. The number of rotatable bonds is 2. The molecule has 49 heavy (non-hydrogen) atoms. The molecule has 244 valence electrons. The van der Waals surface area contributed by atoms with Gasteiger partial charge in [0.1, 0.15) is 0 Å². The van der Waals surface area contributed by atoms with E-state index in [2.05, 4.69) is 168 Å². The maximum Gasteiger partial charge on any atom is 0.264 e. The fraction of sp³-hybridized carbons (Fsp3) is 0.289. The molecular formula is C45H45BN2S. The molecule has 0 saturated heterocycles. The van der Waals surface area contributed by atoms with Gasteiger partial charge in [0.05, 0.1) is 5.69 Å². The Morgan fingerprint density at radius 2 is 1.22 bits per heavy atom. The van der Waals surface area contributed by atoms with E-state index in [-0.39, 0.29) is 23.0 Å². The van der Waals surface area contributed by atoms with Crippen molar-refractivity contribution in [2.45, 2.75) is 84.5 Å². The molecule has 0 fully saturated rings. The SMILES string of the molecule is Cc1cc2c3c(c1)N(c1ccccc1)c1c(sc4ccc(C(C)(C)C)cc14)B3c1cc3c(cc1N2c1ccccc1)C(C)(C)CCC3(C)C. The Bertz CT molecular complexity index is 2290. The van der Waals surface area contributed by atoms with Gasteiger partial charge in [-0.3, -0.25) is 0 Å². The highest BCUT2D eigenvalue weighted by atomic mass is 32.1. The average Bonchev–Trinajstić information content (AvgIpc) is 3.45. The Morgan fingerprint density at radius 1 is 0.653 bits per heavy atom. The first-order valence-electron chi connectivity index (χ1n) is 17.9. The van der Waals surface area contributed by atoms with Crippen molar-refractivity contribution >= 4 is 78.0 Å². The van der Waals surface area contributed by atoms with Crippen molar-refractivity contribution in [1.82, 2.24) is 0 Å². The van der Waals surface area contributed by atoms with Crippen LogP contribution in [0, 0.1) is 6.92 Å². The van der Waals surface area contributed by atoms with Crippen LogP contribution in [0.1, 0.15) is 83.6 Å². The van der Waals surface area contributed by atoms with E-state index in [9.17, 15) is 0 Å². The van der Waals surface area contributed by atoms with Gasteiger partial charge in [0, 0.05) is 43.3 Å². The van der Waals surface area contributed by atoms with Crippen LogP contribution in [0.25, 0.3) is 10.1 Å². The summed E-state index contributed by atoms with van der Waals surface area (Å²) in [7, 11) is 0. The zero-order chi connectivity index (χ0) is 34.0. The summed E-state index contributed by atoms with van der Waals surface area (Å²) in [5, 5.41) is 1.36. The Balaban J connectivity index is 1.44. The normalized spacial score (nSPS) is 17.0. The first-order chi connectivity index (χ1) is 23.3. The lowest BCUT2D eigenvalue weighted by atomic mass is 9.35. The lowest BCUT2D eigenvalue weighted by molar-refractivity contribution is 0.332. The molecule has 0 N–H and O–H groups in total. The van der Waals surface area contributed by atoms with Gasteiger partial charge in [-0.15, -0.1) is 11.3 Å². The van der Waals surface area contributed by atoms with Gasteiger partial charge in [-0.1, -0.05) is 97.0 Å². The van der Waals surface area contributed by atoms with Crippen LogP contribution in [0.15, 0.2) is 103 Å². The van der Waals surface area contributed by atoms with Crippen molar-refractivity contribution in [2.24, 2.45) is 0 Å². The summed E-state index contributed by atoms with van der Waals surface area (Å²) >= 11 is 2.00. The number of nitrogens with zero attached hydrogens (tertiary/aromatic N) is 2. The molecule has 0 spiro atoms. The molecular weight excluding hydrogens is 611 g/mol. The van der Waals surface area contributed by atoms with Crippen molar-refractivity contribution in [3.05, 3.63) is 125 Å². The topological polar surface area (TPSA) is 6.48 Å². The van der Waals surface area contributed by atoms with E-state index in [0.717, 1.165) is 0 Å². The van der Waals surface area contributed by atoms with Gasteiger partial charge in [-0.25, -0.2) is 0 Å². The van der Waals surface area contributed by atoms with E-state index < -0.39 is 0 Å². The summed E-state index contributed by atoms with van der Waals surface area (Å²) < 4.78 is 2.81. The molecule has 0 radical (unpaired) electrons. The molecule has 0 bridgehead atoms. The highest BCUT2D eigenvalue weighted by Gasteiger charge is 2.47. The number of hydrogen-bond acceptors (Lipinski definition) is 3. The fourth-order valence-corrected chi connectivity index (χ4v) is 10.1. The van der Waals surface area contributed by atoms with Crippen molar-refractivity contribution in [2.75, 3.05) is 9.80 Å². The second-order valence-corrected chi connectivity index (χ2v) is 18.1. The second-order valence-electron chi connectivity index (χ2n) is 17.0. The van der Waals surface area contributed by atoms with Gasteiger partial charge in [0.2, 0.25) is 0 Å². The first kappa shape index (κ1) is 30.8. The van der Waals surface area contributed by atoms with E-state index in [1.807, 2.05) is 11.3 Å². The second kappa shape index (κ2) is 10.4. The van der Waals surface area contributed by atoms with Gasteiger partial charge < -0.3 is 9.80 Å². The number of thiophene rings is 1. The Hall–Kier alpha value is -4.28. The van der Waals surface area contributed by atoms with E-state index >= 15 is 0 Å². The number of para-hydroxylation sites is 2. The Labute approximate surface area is 296 Å². The molecule has 0 atom stereocenters. The molecule has 0 unspecified atom stereocenters. The van der Waals surface area contributed by atoms with Gasteiger partial charge in [0.15, 0.2) is 0 Å². The minimum absolute atomic E-state index is 0.0575. The molecule has 5 aromatic carbocycles. The smallest absolute Gasteiger partial charge is 0.264 e. The standard InChI is InChI=1S/C45H45BN2S/c1-28-23-37-40-38(24-28)48(31-17-13-10-14-18-31)41-32-25-29(43(2,3)4)19-20-39(32)49-42(41)46(40)35-26-33-34(45(7,8)22-21-44(33,5)6)27-36(35)47(37)30-15-11-9-12-16-30/h9-20,23-27H,21-22H2,1-8H3. The van der Waals surface area contributed by atoms with Crippen LogP contribution in [0.2, 0.25) is 0 Å². The lowest BCUT2D eigenvalue weighted by Crippen LogP contribution is -2.61. The van der Waals surface area contributed by atoms with Crippen LogP contribution in [-0.2, 0) is 16.2 Å². The van der Waals surface area contributed by atoms with Crippen LogP contribution in [0.3, 0.4) is 0 Å². The zero-order valence-corrected chi connectivity index (χ0v) is 30.9. The molecule has 6 aromatic rings. The highest BCUT2D eigenvalue weighted by molar-refractivity contribution is 7.33. The van der Waals surface area contributed by atoms with E-state index in [0.29, 0.717) is 0 Å². The molecule has 0 amide bonds. The van der Waals surface area contributed by atoms with Crippen LogP contribution in [-0.4, -0.2) is 6.71 Å². The molecule has 1 aliphatic carbocycles. The van der Waals surface area contributed by atoms with Crippen LogP contribution in [0.4, 0.5) is 34.1 Å². The fourth-order valence-electron chi connectivity index (χ4n) is 8.84. The summed E-state index contributed by atoms with van der Waals surface area (Å²) in [5.41, 5.74) is 16.5. The number of anilines is 6. The monoisotopic (exact) mass is 656 g/mol. The van der Waals surface area contributed by atoms with Gasteiger partial charge >= 0.3 is 0 Å². The van der Waals surface area contributed by atoms with Crippen LogP contribution in [0.5, 0.6) is 0 Å². The number of fused-ring (bicyclic) bond motifs is 7. The molecule has 3 aliphatic rings. The summed E-state index contributed by atoms with van der Waals surface area (Å²) in [5.74, 6) is 0. The van der Waals surface area contributed by atoms with Crippen molar-refractivity contribution in [3.8, 4) is 0 Å². The average molecular weight is 657 g/mol. The third-order valence-electron chi connectivity index (χ3n) is 11.7. The summed E-state index contributed by atoms with van der Waals surface area (Å²) in [6, 6.07) is 39.5. The van der Waals surface area contributed by atoms with E-state index in [1.165, 1.54) is 95.0 Å². The molecule has 1 aromatic heterocycles. The molecule has 0 saturated carbocycles. The first-order valence-corrected chi connectivity index (χ1v) is 18.8. The van der Waals surface area contributed by atoms with Crippen molar-refractivity contribution < 1.29 is 0 Å². The third kappa shape index (κ3) is 4.52. The zero-order valence-electron chi connectivity index (χ0n) is 30.1. The highest BCUT2D eigenvalue weighted by Crippen LogP contribution is 2.51. The third-order valence-corrected chi connectivity index (χ3v) is 12.9.